The van der Waals surface area contributed by atoms with Crippen LogP contribution in [0.2, 0.25) is 0 Å². The molecule has 0 bridgehead atoms. The van der Waals surface area contributed by atoms with Crippen LogP contribution in [0.25, 0.3) is 11.5 Å². The number of anilines is 1. The highest BCUT2D eigenvalue weighted by atomic mass is 16.5. The zero-order chi connectivity index (χ0) is 18.5. The van der Waals surface area contributed by atoms with Gasteiger partial charge in [0.25, 0.3) is 5.56 Å². The van der Waals surface area contributed by atoms with Crippen molar-refractivity contribution in [1.82, 2.24) is 9.78 Å². The van der Waals surface area contributed by atoms with Crippen LogP contribution in [0.5, 0.6) is 11.5 Å². The molecule has 2 heterocycles. The number of aromatic nitrogens is 2. The van der Waals surface area contributed by atoms with Gasteiger partial charge in [-0.2, -0.15) is 5.10 Å². The molecule has 134 valence electrons. The number of methoxy groups -OCH3 is 2. The lowest BCUT2D eigenvalue weighted by Gasteiger charge is -2.12. The molecule has 3 aromatic rings. The van der Waals surface area contributed by atoms with Crippen molar-refractivity contribution in [2.75, 3.05) is 19.5 Å². The van der Waals surface area contributed by atoms with Gasteiger partial charge in [0.2, 0.25) is 5.91 Å². The fourth-order valence-corrected chi connectivity index (χ4v) is 2.35. The van der Waals surface area contributed by atoms with Crippen LogP contribution in [0.15, 0.2) is 57.9 Å². The molecule has 2 aromatic heterocycles. The van der Waals surface area contributed by atoms with E-state index in [0.717, 1.165) is 4.68 Å². The van der Waals surface area contributed by atoms with E-state index in [2.05, 4.69) is 10.4 Å². The van der Waals surface area contributed by atoms with E-state index in [1.807, 2.05) is 0 Å². The Morgan fingerprint density at radius 3 is 2.73 bits per heavy atom. The van der Waals surface area contributed by atoms with E-state index in [1.165, 1.54) is 26.5 Å². The highest BCUT2D eigenvalue weighted by molar-refractivity contribution is 5.92. The first-order valence-electron chi connectivity index (χ1n) is 7.74. The van der Waals surface area contributed by atoms with E-state index >= 15 is 0 Å². The van der Waals surface area contributed by atoms with Crippen LogP contribution in [0.1, 0.15) is 0 Å². The maximum atomic E-state index is 12.3. The molecule has 1 aromatic carbocycles. The summed E-state index contributed by atoms with van der Waals surface area (Å²) in [7, 11) is 3.03. The third-order valence-corrected chi connectivity index (χ3v) is 3.62. The van der Waals surface area contributed by atoms with Crippen molar-refractivity contribution < 1.29 is 18.7 Å². The topological polar surface area (TPSA) is 95.6 Å². The number of ether oxygens (including phenoxy) is 2. The van der Waals surface area contributed by atoms with E-state index in [1.54, 1.807) is 36.4 Å². The monoisotopic (exact) mass is 355 g/mol. The minimum Gasteiger partial charge on any atom is -0.497 e. The number of amides is 1. The fraction of sp³-hybridized carbons (Fsp3) is 0.167. The number of carbonyl (C=O) groups is 1. The number of hydrogen-bond acceptors (Lipinski definition) is 6. The van der Waals surface area contributed by atoms with Gasteiger partial charge in [-0.05, 0) is 30.3 Å². The van der Waals surface area contributed by atoms with Gasteiger partial charge in [0.15, 0.2) is 5.76 Å². The maximum absolute atomic E-state index is 12.3. The number of benzene rings is 1. The van der Waals surface area contributed by atoms with Gasteiger partial charge in [-0.1, -0.05) is 0 Å². The summed E-state index contributed by atoms with van der Waals surface area (Å²) in [5, 5.41) is 6.86. The van der Waals surface area contributed by atoms with Gasteiger partial charge >= 0.3 is 0 Å². The highest BCUT2D eigenvalue weighted by Crippen LogP contribution is 2.28. The number of nitrogens with zero attached hydrogens (tertiary/aromatic N) is 2. The first-order valence-corrected chi connectivity index (χ1v) is 7.74. The van der Waals surface area contributed by atoms with Gasteiger partial charge in [0.05, 0.1) is 26.2 Å². The Kier molecular flexibility index (Phi) is 5.02. The first-order chi connectivity index (χ1) is 12.6. The molecular formula is C18H17N3O5. The summed E-state index contributed by atoms with van der Waals surface area (Å²) in [4.78, 5) is 24.3. The molecule has 26 heavy (non-hydrogen) atoms. The SMILES string of the molecule is COc1ccc(NC(=O)Cn2nc(-c3ccco3)ccc2=O)c(OC)c1. The second-order valence-electron chi connectivity index (χ2n) is 5.31. The number of hydrogen-bond donors (Lipinski definition) is 1. The van der Waals surface area contributed by atoms with Crippen molar-refractivity contribution in [2.24, 2.45) is 0 Å². The molecule has 0 aliphatic heterocycles. The molecule has 0 aliphatic rings. The standard InChI is InChI=1S/C18H17N3O5/c1-24-12-5-6-13(16(10-12)25-2)19-17(22)11-21-18(23)8-7-14(20-21)15-4-3-9-26-15/h3-10H,11H2,1-2H3,(H,19,22). The minimum atomic E-state index is -0.417. The molecule has 8 heteroatoms. The lowest BCUT2D eigenvalue weighted by atomic mass is 10.2. The summed E-state index contributed by atoms with van der Waals surface area (Å²) in [5.41, 5.74) is 0.537. The molecule has 0 radical (unpaired) electrons. The van der Waals surface area contributed by atoms with Gasteiger partial charge in [-0.25, -0.2) is 4.68 Å². The molecule has 0 fully saturated rings. The zero-order valence-corrected chi connectivity index (χ0v) is 14.3. The van der Waals surface area contributed by atoms with Crippen molar-refractivity contribution in [3.05, 3.63) is 59.1 Å². The smallest absolute Gasteiger partial charge is 0.267 e. The second kappa shape index (κ2) is 7.56. The Bertz CT molecular complexity index is 963. The third-order valence-electron chi connectivity index (χ3n) is 3.62. The maximum Gasteiger partial charge on any atom is 0.267 e. The molecule has 1 N–H and O–H groups in total. The van der Waals surface area contributed by atoms with Crippen LogP contribution >= 0.6 is 0 Å². The molecule has 3 rings (SSSR count). The zero-order valence-electron chi connectivity index (χ0n) is 14.3. The largest absolute Gasteiger partial charge is 0.497 e. The number of rotatable bonds is 6. The summed E-state index contributed by atoms with van der Waals surface area (Å²) in [6, 6.07) is 11.3. The number of furan rings is 1. The Morgan fingerprint density at radius 1 is 1.19 bits per heavy atom. The quantitative estimate of drug-likeness (QED) is 0.728. The predicted octanol–water partition coefficient (Wildman–Crippen LogP) is 2.16. The van der Waals surface area contributed by atoms with Crippen LogP contribution in [0, 0.1) is 0 Å². The lowest BCUT2D eigenvalue weighted by molar-refractivity contribution is -0.117. The van der Waals surface area contributed by atoms with E-state index < -0.39 is 11.5 Å². The van der Waals surface area contributed by atoms with E-state index in [-0.39, 0.29) is 6.54 Å². The average molecular weight is 355 g/mol. The van der Waals surface area contributed by atoms with E-state index in [9.17, 15) is 9.59 Å². The fourth-order valence-electron chi connectivity index (χ4n) is 2.35. The Morgan fingerprint density at radius 2 is 2.04 bits per heavy atom. The van der Waals surface area contributed by atoms with Gasteiger partial charge in [-0.15, -0.1) is 0 Å². The van der Waals surface area contributed by atoms with Crippen LogP contribution in [0.4, 0.5) is 5.69 Å². The summed E-state index contributed by atoms with van der Waals surface area (Å²) >= 11 is 0. The lowest BCUT2D eigenvalue weighted by Crippen LogP contribution is -2.29. The normalized spacial score (nSPS) is 10.4. The molecular weight excluding hydrogens is 338 g/mol. The van der Waals surface area contributed by atoms with Crippen LogP contribution < -0.4 is 20.3 Å². The molecule has 0 saturated heterocycles. The number of nitrogens with one attached hydrogen (secondary N) is 1. The van der Waals surface area contributed by atoms with Crippen molar-refractivity contribution in [2.45, 2.75) is 6.54 Å². The van der Waals surface area contributed by atoms with Crippen molar-refractivity contribution in [1.29, 1.82) is 0 Å². The van der Waals surface area contributed by atoms with Crippen LogP contribution in [-0.4, -0.2) is 29.9 Å². The van der Waals surface area contributed by atoms with Crippen LogP contribution in [0.3, 0.4) is 0 Å². The van der Waals surface area contributed by atoms with Gasteiger partial charge in [0, 0.05) is 12.1 Å². The summed E-state index contributed by atoms with van der Waals surface area (Å²) in [5.74, 6) is 1.14. The molecule has 0 spiro atoms. The predicted molar refractivity (Wildman–Crippen MR) is 94.4 cm³/mol. The highest BCUT2D eigenvalue weighted by Gasteiger charge is 2.12. The van der Waals surface area contributed by atoms with E-state index in [4.69, 9.17) is 13.9 Å². The second-order valence-corrected chi connectivity index (χ2v) is 5.31. The molecule has 0 unspecified atom stereocenters. The molecule has 0 saturated carbocycles. The van der Waals surface area contributed by atoms with Gasteiger partial charge in [-0.3, -0.25) is 9.59 Å². The van der Waals surface area contributed by atoms with Gasteiger partial charge in [0.1, 0.15) is 23.7 Å². The molecule has 8 nitrogen and oxygen atoms in total. The van der Waals surface area contributed by atoms with E-state index in [0.29, 0.717) is 28.6 Å². The van der Waals surface area contributed by atoms with Crippen molar-refractivity contribution in [3.63, 3.8) is 0 Å². The summed E-state index contributed by atoms with van der Waals surface area (Å²) < 4.78 is 16.7. The summed E-state index contributed by atoms with van der Waals surface area (Å²) in [6.45, 7) is -0.247. The van der Waals surface area contributed by atoms with Crippen molar-refractivity contribution >= 4 is 11.6 Å². The number of carbonyl (C=O) groups excluding carboxylic acids is 1. The molecule has 0 aliphatic carbocycles. The average Bonchev–Trinajstić information content (AvgIpc) is 3.18. The first kappa shape index (κ1) is 17.3. The molecule has 0 atom stereocenters. The Labute approximate surface area is 149 Å². The molecule has 1 amide bonds. The third kappa shape index (κ3) is 3.75. The Balaban J connectivity index is 1.78. The minimum absolute atomic E-state index is 0.247. The summed E-state index contributed by atoms with van der Waals surface area (Å²) in [6.07, 6.45) is 1.51. The van der Waals surface area contributed by atoms with Crippen LogP contribution in [-0.2, 0) is 11.3 Å². The Hall–Kier alpha value is -3.55. The van der Waals surface area contributed by atoms with Gasteiger partial charge < -0.3 is 19.2 Å². The van der Waals surface area contributed by atoms with Crippen molar-refractivity contribution in [3.8, 4) is 23.0 Å².